The molecule has 13 heavy (non-hydrogen) atoms. The highest BCUT2D eigenvalue weighted by molar-refractivity contribution is 9.10. The second kappa shape index (κ2) is 3.48. The van der Waals surface area contributed by atoms with Crippen molar-refractivity contribution in [3.8, 4) is 0 Å². The molecule has 0 unspecified atom stereocenters. The smallest absolute Gasteiger partial charge is 0.364 e. The Morgan fingerprint density at radius 2 is 2.31 bits per heavy atom. The lowest BCUT2D eigenvalue weighted by Gasteiger charge is -1.96. The summed E-state index contributed by atoms with van der Waals surface area (Å²) < 4.78 is 0.265. The topological polar surface area (TPSA) is 99.1 Å². The fraction of sp³-hybridized carbons (Fsp3) is 0. The van der Waals surface area contributed by atoms with Crippen LogP contribution in [0.25, 0.3) is 0 Å². The Balaban J connectivity index is 3.20. The predicted molar refractivity (Wildman–Crippen MR) is 47.1 cm³/mol. The third kappa shape index (κ3) is 2.00. The van der Waals surface area contributed by atoms with Crippen molar-refractivity contribution < 1.29 is 9.72 Å². The van der Waals surface area contributed by atoms with Crippen LogP contribution in [-0.2, 0) is 0 Å². The van der Waals surface area contributed by atoms with E-state index in [1.165, 1.54) is 0 Å². The second-order valence-electron chi connectivity index (χ2n) is 2.14. The molecule has 0 saturated heterocycles. The van der Waals surface area contributed by atoms with E-state index in [9.17, 15) is 14.9 Å². The molecule has 0 aromatic carbocycles. The van der Waals surface area contributed by atoms with Crippen molar-refractivity contribution >= 4 is 27.7 Å². The lowest BCUT2D eigenvalue weighted by atomic mass is 10.3. The summed E-state index contributed by atoms with van der Waals surface area (Å²) in [5.74, 6) is -1.02. The van der Waals surface area contributed by atoms with Crippen LogP contribution in [-0.4, -0.2) is 15.8 Å². The first kappa shape index (κ1) is 9.59. The van der Waals surface area contributed by atoms with Crippen LogP contribution in [0.15, 0.2) is 16.7 Å². The number of carbonyl (C=O) groups is 1. The van der Waals surface area contributed by atoms with Crippen molar-refractivity contribution in [2.45, 2.75) is 0 Å². The molecule has 0 fully saturated rings. The molecule has 0 atom stereocenters. The number of nitrogens with zero attached hydrogens (tertiary/aromatic N) is 2. The summed E-state index contributed by atoms with van der Waals surface area (Å²) in [5, 5.41) is 10.2. The second-order valence-corrected chi connectivity index (χ2v) is 3.00. The van der Waals surface area contributed by atoms with Crippen molar-refractivity contribution in [3.63, 3.8) is 0 Å². The highest BCUT2D eigenvalue weighted by Crippen LogP contribution is 2.19. The van der Waals surface area contributed by atoms with Gasteiger partial charge in [-0.1, -0.05) is 0 Å². The first-order chi connectivity index (χ1) is 6.02. The summed E-state index contributed by atoms with van der Waals surface area (Å²) in [4.78, 5) is 23.7. The predicted octanol–water partition coefficient (Wildman–Crippen LogP) is 0.851. The SMILES string of the molecule is NC(=O)c1cnc([N+](=O)[O-])cc1Br. The van der Waals surface area contributed by atoms with E-state index in [4.69, 9.17) is 5.73 Å². The van der Waals surface area contributed by atoms with Gasteiger partial charge in [0.1, 0.15) is 0 Å². The molecule has 0 spiro atoms. The molecule has 0 radical (unpaired) electrons. The molecule has 68 valence electrons. The van der Waals surface area contributed by atoms with E-state index < -0.39 is 10.8 Å². The van der Waals surface area contributed by atoms with Crippen molar-refractivity contribution in [1.82, 2.24) is 4.98 Å². The lowest BCUT2D eigenvalue weighted by Crippen LogP contribution is -2.12. The molecule has 1 heterocycles. The number of hydrogen-bond acceptors (Lipinski definition) is 4. The maximum atomic E-state index is 10.7. The number of hydrogen-bond donors (Lipinski definition) is 1. The number of primary amides is 1. The first-order valence-electron chi connectivity index (χ1n) is 3.12. The summed E-state index contributed by atoms with van der Waals surface area (Å²) in [7, 11) is 0. The zero-order chi connectivity index (χ0) is 10.0. The number of rotatable bonds is 2. The molecule has 0 aliphatic carbocycles. The summed E-state index contributed by atoms with van der Waals surface area (Å²) >= 11 is 2.97. The summed E-state index contributed by atoms with van der Waals surface area (Å²) in [6.07, 6.45) is 1.06. The van der Waals surface area contributed by atoms with Crippen LogP contribution in [0.1, 0.15) is 10.4 Å². The number of carbonyl (C=O) groups excluding carboxylic acids is 1. The van der Waals surface area contributed by atoms with E-state index in [1.807, 2.05) is 0 Å². The van der Waals surface area contributed by atoms with E-state index in [-0.39, 0.29) is 15.9 Å². The van der Waals surface area contributed by atoms with Crippen molar-refractivity contribution in [1.29, 1.82) is 0 Å². The minimum atomic E-state index is -0.686. The number of nitro groups is 1. The summed E-state index contributed by atoms with van der Waals surface area (Å²) in [6, 6.07) is 1.13. The molecular formula is C6H4BrN3O3. The number of nitrogens with two attached hydrogens (primary N) is 1. The molecule has 1 aromatic heterocycles. The molecule has 0 saturated carbocycles. The monoisotopic (exact) mass is 245 g/mol. The number of amides is 1. The zero-order valence-corrected chi connectivity index (χ0v) is 7.82. The Kier molecular flexibility index (Phi) is 2.57. The van der Waals surface area contributed by atoms with Gasteiger partial charge in [0, 0.05) is 4.47 Å². The zero-order valence-electron chi connectivity index (χ0n) is 6.23. The fourth-order valence-corrected chi connectivity index (χ4v) is 1.20. The average molecular weight is 246 g/mol. The van der Waals surface area contributed by atoms with Gasteiger partial charge in [-0.3, -0.25) is 4.79 Å². The van der Waals surface area contributed by atoms with Crippen LogP contribution >= 0.6 is 15.9 Å². The van der Waals surface area contributed by atoms with Crippen molar-refractivity contribution in [3.05, 3.63) is 32.4 Å². The highest BCUT2D eigenvalue weighted by atomic mass is 79.9. The van der Waals surface area contributed by atoms with Gasteiger partial charge in [0.15, 0.2) is 6.20 Å². The Bertz CT molecular complexity index is 379. The molecule has 0 bridgehead atoms. The van der Waals surface area contributed by atoms with Gasteiger partial charge in [-0.25, -0.2) is 0 Å². The lowest BCUT2D eigenvalue weighted by molar-refractivity contribution is -0.389. The summed E-state index contributed by atoms with van der Waals surface area (Å²) in [6.45, 7) is 0. The van der Waals surface area contributed by atoms with Gasteiger partial charge in [-0.15, -0.1) is 0 Å². The molecule has 1 aromatic rings. The van der Waals surface area contributed by atoms with Crippen LogP contribution < -0.4 is 5.73 Å². The molecule has 0 aliphatic heterocycles. The van der Waals surface area contributed by atoms with E-state index >= 15 is 0 Å². The molecule has 2 N–H and O–H groups in total. The van der Waals surface area contributed by atoms with Crippen LogP contribution in [0.2, 0.25) is 0 Å². The van der Waals surface area contributed by atoms with Crippen molar-refractivity contribution in [2.24, 2.45) is 5.73 Å². The highest BCUT2D eigenvalue weighted by Gasteiger charge is 2.14. The van der Waals surface area contributed by atoms with Gasteiger partial charge >= 0.3 is 5.82 Å². The quantitative estimate of drug-likeness (QED) is 0.617. The van der Waals surface area contributed by atoms with Gasteiger partial charge in [0.05, 0.1) is 11.6 Å². The van der Waals surface area contributed by atoms with Gasteiger partial charge in [-0.2, -0.15) is 0 Å². The number of pyridine rings is 1. The largest absolute Gasteiger partial charge is 0.365 e. The maximum Gasteiger partial charge on any atom is 0.364 e. The minimum absolute atomic E-state index is 0.116. The third-order valence-corrected chi connectivity index (χ3v) is 1.95. The molecule has 7 heteroatoms. The average Bonchev–Trinajstić information content (AvgIpc) is 2.03. The van der Waals surface area contributed by atoms with Gasteiger partial charge in [-0.05, 0) is 25.8 Å². The van der Waals surface area contributed by atoms with E-state index in [0.29, 0.717) is 0 Å². The molecule has 1 rings (SSSR count). The molecule has 0 aliphatic rings. The molecular weight excluding hydrogens is 242 g/mol. The third-order valence-electron chi connectivity index (χ3n) is 1.29. The fourth-order valence-electron chi connectivity index (χ4n) is 0.702. The van der Waals surface area contributed by atoms with E-state index in [1.54, 1.807) is 0 Å². The molecule has 6 nitrogen and oxygen atoms in total. The molecule has 1 amide bonds. The van der Waals surface area contributed by atoms with Gasteiger partial charge < -0.3 is 15.8 Å². The summed E-state index contributed by atoms with van der Waals surface area (Å²) in [5.41, 5.74) is 5.08. The van der Waals surface area contributed by atoms with Crippen LogP contribution in [0, 0.1) is 10.1 Å². The van der Waals surface area contributed by atoms with Gasteiger partial charge in [0.2, 0.25) is 0 Å². The standard InChI is InChI=1S/C6H4BrN3O3/c7-4-1-5(10(12)13)9-2-3(4)6(8)11/h1-2H,(H2,8,11). The first-order valence-corrected chi connectivity index (χ1v) is 3.91. The minimum Gasteiger partial charge on any atom is -0.365 e. The Morgan fingerprint density at radius 1 is 1.69 bits per heavy atom. The normalized spacial score (nSPS) is 9.62. The Morgan fingerprint density at radius 3 is 2.69 bits per heavy atom. The Hall–Kier alpha value is -1.50. The van der Waals surface area contributed by atoms with Crippen molar-refractivity contribution in [2.75, 3.05) is 0 Å². The van der Waals surface area contributed by atoms with E-state index in [2.05, 4.69) is 20.9 Å². The van der Waals surface area contributed by atoms with Crippen LogP contribution in [0.5, 0.6) is 0 Å². The number of halogens is 1. The van der Waals surface area contributed by atoms with Crippen LogP contribution in [0.4, 0.5) is 5.82 Å². The van der Waals surface area contributed by atoms with E-state index in [0.717, 1.165) is 12.3 Å². The van der Waals surface area contributed by atoms with Crippen LogP contribution in [0.3, 0.4) is 0 Å². The maximum absolute atomic E-state index is 10.7. The Labute approximate surface area is 81.0 Å². The number of aromatic nitrogens is 1. The van der Waals surface area contributed by atoms with Gasteiger partial charge in [0.25, 0.3) is 5.91 Å².